The first-order valence-corrected chi connectivity index (χ1v) is 9.21. The van der Waals surface area contributed by atoms with Gasteiger partial charge in [-0.1, -0.05) is 19.3 Å². The topological polar surface area (TPSA) is 92.5 Å². The van der Waals surface area contributed by atoms with Crippen molar-refractivity contribution in [1.29, 1.82) is 0 Å². The van der Waals surface area contributed by atoms with E-state index in [9.17, 15) is 13.2 Å². The van der Waals surface area contributed by atoms with Crippen molar-refractivity contribution in [1.82, 2.24) is 9.62 Å². The first kappa shape index (κ1) is 18.7. The monoisotopic (exact) mass is 339 g/mol. The molecule has 1 aliphatic heterocycles. The molecule has 0 atom stereocenters. The number of rotatable bonds is 3. The van der Waals surface area contributed by atoms with Crippen molar-refractivity contribution in [2.45, 2.75) is 56.5 Å². The number of carbonyl (C=O) groups excluding carboxylic acids is 1. The minimum Gasteiger partial charge on any atom is -0.352 e. The van der Waals surface area contributed by atoms with Gasteiger partial charge in [-0.15, -0.1) is 12.4 Å². The van der Waals surface area contributed by atoms with Gasteiger partial charge in [-0.2, -0.15) is 0 Å². The maximum Gasteiger partial charge on any atom is 0.240 e. The molecule has 2 rings (SSSR count). The number of carbonyl (C=O) groups is 1. The molecule has 0 radical (unpaired) electrons. The van der Waals surface area contributed by atoms with E-state index in [1.54, 1.807) is 0 Å². The van der Waals surface area contributed by atoms with Gasteiger partial charge in [0.2, 0.25) is 15.9 Å². The van der Waals surface area contributed by atoms with Gasteiger partial charge in [-0.05, 0) is 25.7 Å². The Bertz CT molecular complexity index is 455. The largest absolute Gasteiger partial charge is 0.352 e. The predicted octanol–water partition coefficient (Wildman–Crippen LogP) is 0.610. The molecule has 6 nitrogen and oxygen atoms in total. The van der Waals surface area contributed by atoms with E-state index in [4.69, 9.17) is 5.73 Å². The van der Waals surface area contributed by atoms with E-state index in [1.165, 1.54) is 10.6 Å². The summed E-state index contributed by atoms with van der Waals surface area (Å²) in [5.74, 6) is -0.0602. The Kier molecular flexibility index (Phi) is 6.46. The second kappa shape index (κ2) is 7.26. The molecule has 2 fully saturated rings. The van der Waals surface area contributed by atoms with Gasteiger partial charge in [0, 0.05) is 19.1 Å². The van der Waals surface area contributed by atoms with Crippen LogP contribution in [0, 0.1) is 0 Å². The minimum atomic E-state index is -3.11. The molecule has 1 aliphatic carbocycles. The van der Waals surface area contributed by atoms with Crippen LogP contribution in [0.3, 0.4) is 0 Å². The van der Waals surface area contributed by atoms with Crippen LogP contribution in [-0.2, 0) is 14.8 Å². The van der Waals surface area contributed by atoms with E-state index in [1.807, 2.05) is 0 Å². The molecule has 1 heterocycles. The number of nitrogens with one attached hydrogen (secondary N) is 1. The predicted molar refractivity (Wildman–Crippen MR) is 84.8 cm³/mol. The molecule has 1 amide bonds. The van der Waals surface area contributed by atoms with Crippen molar-refractivity contribution in [3.05, 3.63) is 0 Å². The number of hydrogen-bond acceptors (Lipinski definition) is 4. The minimum absolute atomic E-state index is 0. The SMILES string of the molecule is CS(=O)(=O)N1CCC(NC(=O)C2(N)CCCCC2)CC1.Cl. The summed E-state index contributed by atoms with van der Waals surface area (Å²) in [5.41, 5.74) is 5.48. The highest BCUT2D eigenvalue weighted by Gasteiger charge is 2.37. The highest BCUT2D eigenvalue weighted by molar-refractivity contribution is 7.88. The van der Waals surface area contributed by atoms with E-state index in [0.717, 1.165) is 32.1 Å². The second-order valence-electron chi connectivity index (χ2n) is 6.13. The van der Waals surface area contributed by atoms with Gasteiger partial charge in [0.1, 0.15) is 0 Å². The van der Waals surface area contributed by atoms with Crippen molar-refractivity contribution in [2.75, 3.05) is 19.3 Å². The van der Waals surface area contributed by atoms with Crippen molar-refractivity contribution in [2.24, 2.45) is 5.73 Å². The van der Waals surface area contributed by atoms with E-state index in [0.29, 0.717) is 25.9 Å². The van der Waals surface area contributed by atoms with E-state index in [-0.39, 0.29) is 24.4 Å². The lowest BCUT2D eigenvalue weighted by atomic mass is 9.81. The summed E-state index contributed by atoms with van der Waals surface area (Å²) >= 11 is 0. The van der Waals surface area contributed by atoms with Gasteiger partial charge in [0.05, 0.1) is 11.8 Å². The number of amides is 1. The summed E-state index contributed by atoms with van der Waals surface area (Å²) in [7, 11) is -3.11. The zero-order valence-corrected chi connectivity index (χ0v) is 14.1. The standard InChI is InChI=1S/C13H25N3O3S.ClH/c1-20(18,19)16-9-5-11(6-10-16)15-12(17)13(14)7-3-2-4-8-13;/h11H,2-10,14H2,1H3,(H,15,17);1H. The maximum absolute atomic E-state index is 12.3. The molecule has 2 aliphatic rings. The molecule has 3 N–H and O–H groups in total. The summed E-state index contributed by atoms with van der Waals surface area (Å²) < 4.78 is 24.3. The third-order valence-corrected chi connectivity index (χ3v) is 5.76. The summed E-state index contributed by atoms with van der Waals surface area (Å²) in [6.45, 7) is 0.947. The average molecular weight is 340 g/mol. The first-order chi connectivity index (χ1) is 9.31. The molecule has 21 heavy (non-hydrogen) atoms. The summed E-state index contributed by atoms with van der Waals surface area (Å²) in [6, 6.07) is 0.0443. The normalized spacial score (nSPS) is 24.1. The highest BCUT2D eigenvalue weighted by Crippen LogP contribution is 2.26. The molecule has 124 valence electrons. The molecule has 1 saturated carbocycles. The Hall–Kier alpha value is -0.370. The van der Waals surface area contributed by atoms with Gasteiger partial charge < -0.3 is 11.1 Å². The Morgan fingerprint density at radius 1 is 1.19 bits per heavy atom. The Morgan fingerprint density at radius 3 is 2.19 bits per heavy atom. The number of nitrogens with two attached hydrogens (primary N) is 1. The molecule has 0 unspecified atom stereocenters. The zero-order chi connectivity index (χ0) is 14.8. The molecule has 0 aromatic carbocycles. The zero-order valence-electron chi connectivity index (χ0n) is 12.5. The Labute approximate surface area is 133 Å². The van der Waals surface area contributed by atoms with Crippen molar-refractivity contribution >= 4 is 28.3 Å². The van der Waals surface area contributed by atoms with Crippen LogP contribution in [0.15, 0.2) is 0 Å². The number of hydrogen-bond donors (Lipinski definition) is 2. The van der Waals surface area contributed by atoms with Gasteiger partial charge >= 0.3 is 0 Å². The van der Waals surface area contributed by atoms with Crippen LogP contribution in [-0.4, -0.2) is 49.6 Å². The molecular weight excluding hydrogens is 314 g/mol. The Morgan fingerprint density at radius 2 is 1.71 bits per heavy atom. The third-order valence-electron chi connectivity index (χ3n) is 4.46. The molecule has 0 bridgehead atoms. The van der Waals surface area contributed by atoms with Crippen LogP contribution >= 0.6 is 12.4 Å². The summed E-state index contributed by atoms with van der Waals surface area (Å²) in [5, 5.41) is 3.02. The van der Waals surface area contributed by atoms with Gasteiger partial charge in [0.15, 0.2) is 0 Å². The number of piperidine rings is 1. The summed E-state index contributed by atoms with van der Waals surface area (Å²) in [6.07, 6.45) is 7.22. The van der Waals surface area contributed by atoms with Crippen molar-refractivity contribution in [3.8, 4) is 0 Å². The fourth-order valence-corrected chi connectivity index (χ4v) is 3.94. The van der Waals surface area contributed by atoms with E-state index >= 15 is 0 Å². The maximum atomic E-state index is 12.3. The summed E-state index contributed by atoms with van der Waals surface area (Å²) in [4.78, 5) is 12.3. The molecule has 0 spiro atoms. The average Bonchev–Trinajstić information content (AvgIpc) is 2.39. The van der Waals surface area contributed by atoms with E-state index in [2.05, 4.69) is 5.32 Å². The van der Waals surface area contributed by atoms with Gasteiger partial charge in [-0.3, -0.25) is 4.79 Å². The fourth-order valence-electron chi connectivity index (χ4n) is 3.07. The van der Waals surface area contributed by atoms with Crippen LogP contribution in [0.2, 0.25) is 0 Å². The van der Waals surface area contributed by atoms with Crippen LogP contribution in [0.5, 0.6) is 0 Å². The number of sulfonamides is 1. The molecule has 8 heteroatoms. The lowest BCUT2D eigenvalue weighted by Crippen LogP contribution is -2.58. The van der Waals surface area contributed by atoms with Crippen molar-refractivity contribution in [3.63, 3.8) is 0 Å². The highest BCUT2D eigenvalue weighted by atomic mass is 35.5. The van der Waals surface area contributed by atoms with Crippen LogP contribution in [0.1, 0.15) is 44.9 Å². The quantitative estimate of drug-likeness (QED) is 0.788. The van der Waals surface area contributed by atoms with Gasteiger partial charge in [-0.25, -0.2) is 12.7 Å². The van der Waals surface area contributed by atoms with Crippen LogP contribution in [0.4, 0.5) is 0 Å². The van der Waals surface area contributed by atoms with Crippen molar-refractivity contribution < 1.29 is 13.2 Å². The van der Waals surface area contributed by atoms with Gasteiger partial charge in [0.25, 0.3) is 0 Å². The molecule has 0 aromatic rings. The fraction of sp³-hybridized carbons (Fsp3) is 0.923. The first-order valence-electron chi connectivity index (χ1n) is 7.36. The third kappa shape index (κ3) is 4.81. The number of halogens is 1. The number of nitrogens with zero attached hydrogens (tertiary/aromatic N) is 1. The molecule has 0 aromatic heterocycles. The lowest BCUT2D eigenvalue weighted by Gasteiger charge is -2.36. The van der Waals surface area contributed by atoms with Crippen LogP contribution in [0.25, 0.3) is 0 Å². The molecular formula is C13H26ClN3O3S. The van der Waals surface area contributed by atoms with E-state index < -0.39 is 15.6 Å². The second-order valence-corrected chi connectivity index (χ2v) is 8.11. The Balaban J connectivity index is 0.00000220. The van der Waals surface area contributed by atoms with Crippen LogP contribution < -0.4 is 11.1 Å². The smallest absolute Gasteiger partial charge is 0.240 e. The lowest BCUT2D eigenvalue weighted by molar-refractivity contribution is -0.128. The molecule has 1 saturated heterocycles.